The summed E-state index contributed by atoms with van der Waals surface area (Å²) >= 11 is 0. The fraction of sp³-hybridized carbons (Fsp3) is 0.643. The van der Waals surface area contributed by atoms with Crippen LogP contribution in [0.1, 0.15) is 39.5 Å². The number of hydrogen-bond acceptors (Lipinski definition) is 3. The minimum Gasteiger partial charge on any atom is -0.478 e. The number of hydrogen-bond donors (Lipinski definition) is 1. The van der Waals surface area contributed by atoms with E-state index in [1.165, 1.54) is 25.7 Å². The van der Waals surface area contributed by atoms with Gasteiger partial charge in [-0.05, 0) is 37.7 Å². The van der Waals surface area contributed by atoms with Crippen LogP contribution in [0.25, 0.3) is 0 Å². The summed E-state index contributed by atoms with van der Waals surface area (Å²) in [6.07, 6.45) is 5.32. The summed E-state index contributed by atoms with van der Waals surface area (Å²) < 4.78 is 5.39. The van der Waals surface area contributed by atoms with Gasteiger partial charge >= 0.3 is 0 Å². The third kappa shape index (κ3) is 3.35. The Morgan fingerprint density at radius 2 is 2.18 bits per heavy atom. The van der Waals surface area contributed by atoms with Gasteiger partial charge in [0.05, 0.1) is 6.61 Å². The minimum atomic E-state index is 0.554. The molecule has 3 heteroatoms. The molecule has 1 saturated carbocycles. The molecule has 0 aliphatic heterocycles. The van der Waals surface area contributed by atoms with E-state index in [0.717, 1.165) is 12.4 Å². The molecule has 0 aromatic carbocycles. The van der Waals surface area contributed by atoms with Crippen LogP contribution in [0.4, 0.5) is 5.82 Å². The molecule has 0 radical (unpaired) electrons. The zero-order valence-electron chi connectivity index (χ0n) is 10.8. The Morgan fingerprint density at radius 1 is 1.35 bits per heavy atom. The molecule has 0 saturated heterocycles. The predicted molar refractivity (Wildman–Crippen MR) is 70.5 cm³/mol. The molecular formula is C14H22N2O. The van der Waals surface area contributed by atoms with E-state index in [0.29, 0.717) is 17.9 Å². The molecule has 94 valence electrons. The molecule has 1 N–H and O–H groups in total. The maximum absolute atomic E-state index is 5.39. The second-order valence-corrected chi connectivity index (χ2v) is 4.90. The van der Waals surface area contributed by atoms with Gasteiger partial charge < -0.3 is 10.1 Å². The van der Waals surface area contributed by atoms with Crippen molar-refractivity contribution < 1.29 is 4.74 Å². The maximum Gasteiger partial charge on any atom is 0.215 e. The second kappa shape index (κ2) is 5.39. The lowest BCUT2D eigenvalue weighted by molar-refractivity contribution is 0.327. The van der Waals surface area contributed by atoms with E-state index in [9.17, 15) is 0 Å². The van der Waals surface area contributed by atoms with Gasteiger partial charge in [-0.1, -0.05) is 19.4 Å². The average Bonchev–Trinajstić information content (AvgIpc) is 3.09. The highest BCUT2D eigenvalue weighted by Crippen LogP contribution is 2.49. The van der Waals surface area contributed by atoms with Crippen LogP contribution in [-0.2, 0) is 0 Å². The Labute approximate surface area is 104 Å². The predicted octanol–water partition coefficient (Wildman–Crippen LogP) is 3.47. The topological polar surface area (TPSA) is 34.1 Å². The number of nitrogens with zero attached hydrogens (tertiary/aromatic N) is 1. The van der Waals surface area contributed by atoms with E-state index in [-0.39, 0.29) is 0 Å². The number of ether oxygens (including phenoxy) is 1. The monoisotopic (exact) mass is 234 g/mol. The van der Waals surface area contributed by atoms with E-state index in [4.69, 9.17) is 4.74 Å². The molecule has 1 aromatic rings. The highest BCUT2D eigenvalue weighted by molar-refractivity contribution is 5.37. The van der Waals surface area contributed by atoms with Crippen LogP contribution in [0.5, 0.6) is 5.88 Å². The molecule has 1 aromatic heterocycles. The van der Waals surface area contributed by atoms with Crippen molar-refractivity contribution in [2.75, 3.05) is 18.5 Å². The molecule has 0 amide bonds. The smallest absolute Gasteiger partial charge is 0.215 e. The van der Waals surface area contributed by atoms with Crippen molar-refractivity contribution in [1.82, 2.24) is 4.98 Å². The van der Waals surface area contributed by atoms with Gasteiger partial charge in [-0.25, -0.2) is 0 Å². The maximum atomic E-state index is 5.39. The number of anilines is 1. The summed E-state index contributed by atoms with van der Waals surface area (Å²) in [5.74, 6) is 1.64. The van der Waals surface area contributed by atoms with E-state index in [2.05, 4.69) is 17.2 Å². The van der Waals surface area contributed by atoms with Gasteiger partial charge in [0.1, 0.15) is 5.82 Å². The van der Waals surface area contributed by atoms with Crippen LogP contribution in [0, 0.1) is 5.41 Å². The Bertz CT molecular complexity index is 361. The van der Waals surface area contributed by atoms with Crippen molar-refractivity contribution in [3.8, 4) is 5.88 Å². The van der Waals surface area contributed by atoms with Crippen LogP contribution in [0.3, 0.4) is 0 Å². The lowest BCUT2D eigenvalue weighted by atomic mass is 10.0. The van der Waals surface area contributed by atoms with Crippen molar-refractivity contribution in [2.45, 2.75) is 39.5 Å². The molecule has 0 unspecified atom stereocenters. The van der Waals surface area contributed by atoms with Crippen molar-refractivity contribution >= 4 is 5.82 Å². The first-order chi connectivity index (χ1) is 8.28. The Balaban J connectivity index is 1.88. The quantitative estimate of drug-likeness (QED) is 0.784. The van der Waals surface area contributed by atoms with Gasteiger partial charge in [0.15, 0.2) is 0 Å². The fourth-order valence-corrected chi connectivity index (χ4v) is 2.24. The molecular weight excluding hydrogens is 212 g/mol. The number of nitrogens with one attached hydrogen (secondary N) is 1. The Morgan fingerprint density at radius 3 is 2.82 bits per heavy atom. The van der Waals surface area contributed by atoms with Crippen LogP contribution in [-0.4, -0.2) is 18.1 Å². The lowest BCUT2D eigenvalue weighted by Crippen LogP contribution is -2.15. The number of aromatic nitrogens is 1. The van der Waals surface area contributed by atoms with Gasteiger partial charge in [-0.3, -0.25) is 0 Å². The molecule has 2 rings (SSSR count). The molecule has 17 heavy (non-hydrogen) atoms. The summed E-state index contributed by atoms with van der Waals surface area (Å²) in [4.78, 5) is 4.42. The largest absolute Gasteiger partial charge is 0.478 e. The highest BCUT2D eigenvalue weighted by Gasteiger charge is 2.41. The van der Waals surface area contributed by atoms with Crippen LogP contribution in [0.15, 0.2) is 18.2 Å². The van der Waals surface area contributed by atoms with Crippen molar-refractivity contribution in [3.05, 3.63) is 18.2 Å². The summed E-state index contributed by atoms with van der Waals surface area (Å²) in [5, 5.41) is 3.44. The first-order valence-electron chi connectivity index (χ1n) is 6.62. The van der Waals surface area contributed by atoms with Gasteiger partial charge in [0, 0.05) is 12.6 Å². The lowest BCUT2D eigenvalue weighted by Gasteiger charge is -2.15. The summed E-state index contributed by atoms with van der Waals surface area (Å²) in [5.41, 5.74) is 0.554. The zero-order valence-corrected chi connectivity index (χ0v) is 10.8. The van der Waals surface area contributed by atoms with Crippen LogP contribution >= 0.6 is 0 Å². The molecule has 3 nitrogen and oxygen atoms in total. The normalized spacial score (nSPS) is 16.6. The standard InChI is InChI=1S/C14H22N2O/c1-3-8-14(9-10-14)11-15-12-6-5-7-13(16-12)17-4-2/h5-7H,3-4,8-11H2,1-2H3,(H,15,16). The van der Waals surface area contributed by atoms with Crippen LogP contribution < -0.4 is 10.1 Å². The molecule has 1 aliphatic rings. The van der Waals surface area contributed by atoms with E-state index in [1.807, 2.05) is 25.1 Å². The van der Waals surface area contributed by atoms with Crippen LogP contribution in [0.2, 0.25) is 0 Å². The third-order valence-electron chi connectivity index (χ3n) is 3.40. The molecule has 1 heterocycles. The van der Waals surface area contributed by atoms with E-state index in [1.54, 1.807) is 0 Å². The molecule has 1 aliphatic carbocycles. The Hall–Kier alpha value is -1.25. The summed E-state index contributed by atoms with van der Waals surface area (Å²) in [6.45, 7) is 5.94. The van der Waals surface area contributed by atoms with Gasteiger partial charge in [0.2, 0.25) is 5.88 Å². The van der Waals surface area contributed by atoms with Crippen molar-refractivity contribution in [3.63, 3.8) is 0 Å². The average molecular weight is 234 g/mol. The molecule has 1 fully saturated rings. The molecule has 0 atom stereocenters. The van der Waals surface area contributed by atoms with E-state index >= 15 is 0 Å². The SMILES string of the molecule is CCCC1(CNc2cccc(OCC)n2)CC1. The summed E-state index contributed by atoms with van der Waals surface area (Å²) in [7, 11) is 0. The molecule has 0 bridgehead atoms. The highest BCUT2D eigenvalue weighted by atomic mass is 16.5. The minimum absolute atomic E-state index is 0.554. The first kappa shape index (κ1) is 12.2. The zero-order chi connectivity index (χ0) is 12.1. The van der Waals surface area contributed by atoms with Gasteiger partial charge in [0.25, 0.3) is 0 Å². The van der Waals surface area contributed by atoms with E-state index < -0.39 is 0 Å². The van der Waals surface area contributed by atoms with Crippen molar-refractivity contribution in [2.24, 2.45) is 5.41 Å². The van der Waals surface area contributed by atoms with Gasteiger partial charge in [-0.2, -0.15) is 4.98 Å². The first-order valence-corrected chi connectivity index (χ1v) is 6.62. The summed E-state index contributed by atoms with van der Waals surface area (Å²) in [6, 6.07) is 5.89. The van der Waals surface area contributed by atoms with Crippen molar-refractivity contribution in [1.29, 1.82) is 0 Å². The number of pyridine rings is 1. The Kier molecular flexibility index (Phi) is 3.87. The number of rotatable bonds is 7. The third-order valence-corrected chi connectivity index (χ3v) is 3.40. The van der Waals surface area contributed by atoms with Gasteiger partial charge in [-0.15, -0.1) is 0 Å². The molecule has 0 spiro atoms. The second-order valence-electron chi connectivity index (χ2n) is 4.90. The fourth-order valence-electron chi connectivity index (χ4n) is 2.24.